The van der Waals surface area contributed by atoms with E-state index in [2.05, 4.69) is 20.4 Å². The van der Waals surface area contributed by atoms with E-state index in [1.807, 2.05) is 0 Å². The molecular formula is C18H15Cl2N6NaO5S3. The van der Waals surface area contributed by atoms with Gasteiger partial charge >= 0.3 is 35.5 Å². The summed E-state index contributed by atoms with van der Waals surface area (Å²) in [6.45, 7) is 0. The van der Waals surface area contributed by atoms with Crippen molar-refractivity contribution >= 4 is 92.3 Å². The van der Waals surface area contributed by atoms with Gasteiger partial charge in [-0.25, -0.2) is 14.8 Å². The number of thiazole rings is 2. The maximum atomic E-state index is 12.9. The molecule has 17 heteroatoms. The third-order valence-electron chi connectivity index (χ3n) is 4.67. The molecule has 0 radical (unpaired) electrons. The Hall–Kier alpha value is -1.65. The largest absolute Gasteiger partial charge is 1.00 e. The predicted octanol–water partition coefficient (Wildman–Crippen LogP) is -0.592. The van der Waals surface area contributed by atoms with Crippen molar-refractivity contribution in [3.8, 4) is 0 Å². The zero-order valence-corrected chi connectivity index (χ0v) is 24.0. The van der Waals surface area contributed by atoms with Gasteiger partial charge in [-0.05, 0) is 11.6 Å². The van der Waals surface area contributed by atoms with Crippen LogP contribution in [0.5, 0.6) is 0 Å². The number of nitrogen functional groups attached to an aromatic ring is 1. The molecule has 180 valence electrons. The summed E-state index contributed by atoms with van der Waals surface area (Å²) < 4.78 is 0.253. The Kier molecular flexibility index (Phi) is 9.26. The summed E-state index contributed by atoms with van der Waals surface area (Å²) in [5.41, 5.74) is 5.91. The number of hydrogen-bond donors (Lipinski definition) is 3. The summed E-state index contributed by atoms with van der Waals surface area (Å²) >= 11 is 15.4. The van der Waals surface area contributed by atoms with Gasteiger partial charge in [0.25, 0.3) is 11.8 Å². The number of fused-ring (bicyclic) bond motifs is 1. The number of amides is 2. The predicted molar refractivity (Wildman–Crippen MR) is 132 cm³/mol. The molecule has 1 saturated heterocycles. The molecule has 2 aromatic rings. The monoisotopic (exact) mass is 584 g/mol. The summed E-state index contributed by atoms with van der Waals surface area (Å²) in [6.07, 6.45) is 3.17. The molecule has 0 saturated carbocycles. The summed E-state index contributed by atoms with van der Waals surface area (Å²) in [5, 5.41) is 17.4. The van der Waals surface area contributed by atoms with Gasteiger partial charge in [-0.2, -0.15) is 0 Å². The molecule has 4 rings (SSSR count). The normalized spacial score (nSPS) is 19.8. The van der Waals surface area contributed by atoms with Gasteiger partial charge in [0, 0.05) is 11.1 Å². The van der Waals surface area contributed by atoms with Crippen LogP contribution in [0.25, 0.3) is 6.08 Å². The molecule has 2 amide bonds. The fraction of sp³-hybridized carbons (Fsp3) is 0.222. The smallest absolute Gasteiger partial charge is 1.00 e. The van der Waals surface area contributed by atoms with Crippen molar-refractivity contribution in [2.45, 2.75) is 11.4 Å². The number of anilines is 1. The van der Waals surface area contributed by atoms with Crippen LogP contribution in [0.1, 0.15) is 12.0 Å². The van der Waals surface area contributed by atoms with Crippen LogP contribution >= 0.6 is 57.6 Å². The van der Waals surface area contributed by atoms with Gasteiger partial charge in [0.15, 0.2) is 15.3 Å². The number of aliphatic carboxylic acids is 1. The Labute approximate surface area is 244 Å². The van der Waals surface area contributed by atoms with Crippen LogP contribution in [0.4, 0.5) is 5.13 Å². The number of rotatable bonds is 7. The molecule has 0 bridgehead atoms. The molecule has 0 spiro atoms. The van der Waals surface area contributed by atoms with Crippen LogP contribution < -0.4 is 40.6 Å². The Morgan fingerprint density at radius 3 is 2.71 bits per heavy atom. The number of halogens is 2. The number of carboxylic acid groups (broad SMARTS) is 1. The molecule has 1 unspecified atom stereocenters. The van der Waals surface area contributed by atoms with Gasteiger partial charge in [0.2, 0.25) is 0 Å². The van der Waals surface area contributed by atoms with E-state index < -0.39 is 29.2 Å². The number of oxime groups is 1. The number of carbonyl (C=O) groups excluding carboxylic acids is 2. The number of nitrogens with two attached hydrogens (primary N) is 1. The molecule has 2 atom stereocenters. The molecule has 1 fully saturated rings. The Balaban J connectivity index is 0.00000228. The van der Waals surface area contributed by atoms with Crippen molar-refractivity contribution in [1.82, 2.24) is 20.2 Å². The zero-order valence-electron chi connectivity index (χ0n) is 19.0. The molecule has 2 aliphatic rings. The second-order valence-electron chi connectivity index (χ2n) is 6.69. The van der Waals surface area contributed by atoms with E-state index >= 15 is 0 Å². The standard InChI is InChI=1S/C18H14Cl2N6O5S3.Na.H/c1-31-25-9(7-5-33-18(21)22-7)13(27)23-10-14(28)26-11(16(29)30)6(4-32-15(10)26)2-3-8-12(19)24-17(20)34-8;;/h2-3,5,10,15H,4H2,1H3,(H2,21,22)(H,23,27)(H,29,30);;/q;+1;-1/b3-2+,25-9+;;/t10?,15-;;/m1../s1. The molecule has 4 heterocycles. The minimum absolute atomic E-state index is 0. The van der Waals surface area contributed by atoms with E-state index in [1.165, 1.54) is 24.3 Å². The van der Waals surface area contributed by atoms with Gasteiger partial charge in [0.05, 0.1) is 4.88 Å². The van der Waals surface area contributed by atoms with E-state index in [-0.39, 0.29) is 68.6 Å². The Morgan fingerprint density at radius 1 is 1.40 bits per heavy atom. The van der Waals surface area contributed by atoms with E-state index in [0.717, 1.165) is 27.6 Å². The number of β-lactam (4-membered cyclic amide) rings is 1. The maximum absolute atomic E-state index is 12.9. The van der Waals surface area contributed by atoms with Crippen LogP contribution in [-0.4, -0.2) is 67.7 Å². The minimum atomic E-state index is -1.27. The second-order valence-corrected chi connectivity index (χ2v) is 10.7. The molecule has 4 N–H and O–H groups in total. The molecule has 0 aliphatic carbocycles. The van der Waals surface area contributed by atoms with Crippen LogP contribution in [0.2, 0.25) is 9.62 Å². The van der Waals surface area contributed by atoms with Crippen molar-refractivity contribution in [2.24, 2.45) is 5.16 Å². The molecule has 2 aromatic heterocycles. The summed E-state index contributed by atoms with van der Waals surface area (Å²) in [6, 6.07) is -0.954. The number of carbonyl (C=O) groups is 3. The van der Waals surface area contributed by atoms with Crippen molar-refractivity contribution in [3.63, 3.8) is 0 Å². The van der Waals surface area contributed by atoms with Gasteiger partial charge in [-0.1, -0.05) is 34.4 Å². The Morgan fingerprint density at radius 2 is 2.14 bits per heavy atom. The van der Waals surface area contributed by atoms with Crippen molar-refractivity contribution < 1.29 is 55.3 Å². The minimum Gasteiger partial charge on any atom is -1.00 e. The second kappa shape index (κ2) is 11.6. The fourth-order valence-corrected chi connectivity index (χ4v) is 6.38. The quantitative estimate of drug-likeness (QED) is 0.167. The third-order valence-corrected chi connectivity index (χ3v) is 8.17. The van der Waals surface area contributed by atoms with Gasteiger partial charge in [-0.15, -0.1) is 34.4 Å². The van der Waals surface area contributed by atoms with Crippen LogP contribution in [0.15, 0.2) is 27.9 Å². The van der Waals surface area contributed by atoms with Gasteiger partial charge in [0.1, 0.15) is 35.1 Å². The number of carboxylic acids is 1. The summed E-state index contributed by atoms with van der Waals surface area (Å²) in [7, 11) is 1.27. The van der Waals surface area contributed by atoms with Gasteiger partial charge in [-0.3, -0.25) is 14.5 Å². The first-order valence-corrected chi connectivity index (χ1v) is 12.8. The van der Waals surface area contributed by atoms with E-state index in [1.54, 1.807) is 12.2 Å². The number of aromatic nitrogens is 2. The summed E-state index contributed by atoms with van der Waals surface area (Å²) in [5.74, 6) is -2.25. The van der Waals surface area contributed by atoms with Gasteiger partial charge < -0.3 is 22.4 Å². The number of hydrogen-bond acceptors (Lipinski definition) is 11. The van der Waals surface area contributed by atoms with Crippen LogP contribution in [-0.2, 0) is 19.2 Å². The van der Waals surface area contributed by atoms with Crippen LogP contribution in [0, 0.1) is 0 Å². The van der Waals surface area contributed by atoms with Crippen molar-refractivity contribution in [2.75, 3.05) is 18.6 Å². The number of thioether (sulfide) groups is 1. The number of allylic oxidation sites excluding steroid dienone is 1. The SMILES string of the molecule is CO/N=C(/C(=O)NC1C(=O)N2C(C(=O)O)=C(/C=C/c3sc(Cl)nc3Cl)CS[C@H]12)c1csc(N)n1.[H-].[Na+]. The molecule has 11 nitrogen and oxygen atoms in total. The topological polar surface area (TPSA) is 160 Å². The van der Waals surface area contributed by atoms with E-state index in [4.69, 9.17) is 33.8 Å². The average Bonchev–Trinajstić information content (AvgIpc) is 3.36. The van der Waals surface area contributed by atoms with Crippen molar-refractivity contribution in [3.05, 3.63) is 42.9 Å². The number of nitrogens with zero attached hydrogens (tertiary/aromatic N) is 4. The summed E-state index contributed by atoms with van der Waals surface area (Å²) in [4.78, 5) is 52.0. The first-order valence-electron chi connectivity index (χ1n) is 9.25. The fourth-order valence-electron chi connectivity index (χ4n) is 3.24. The first kappa shape index (κ1) is 27.9. The zero-order chi connectivity index (χ0) is 24.6. The van der Waals surface area contributed by atoms with Crippen LogP contribution in [0.3, 0.4) is 0 Å². The number of nitrogens with one attached hydrogen (secondary N) is 1. The molecule has 0 aromatic carbocycles. The Bertz CT molecular complexity index is 1290. The van der Waals surface area contributed by atoms with E-state index in [0.29, 0.717) is 10.5 Å². The molecule has 2 aliphatic heterocycles. The molecule has 35 heavy (non-hydrogen) atoms. The maximum Gasteiger partial charge on any atom is 1.00 e. The average molecular weight is 585 g/mol. The van der Waals surface area contributed by atoms with Crippen molar-refractivity contribution in [1.29, 1.82) is 0 Å². The third kappa shape index (κ3) is 5.69. The van der Waals surface area contributed by atoms with E-state index in [9.17, 15) is 19.5 Å². The first-order chi connectivity index (χ1) is 16.2. The molecular weight excluding hydrogens is 570 g/mol.